The third-order valence-corrected chi connectivity index (χ3v) is 6.26. The Labute approximate surface area is 71.0 Å². The standard InChI is InChI=1S/2C4H9.Bi/c2*1-3-4-2;/h2*1,3-4H2,2H3;. The van der Waals surface area contributed by atoms with Gasteiger partial charge in [0, 0.05) is 0 Å². The summed E-state index contributed by atoms with van der Waals surface area (Å²) in [6, 6.07) is 0. The van der Waals surface area contributed by atoms with Crippen molar-refractivity contribution in [3.8, 4) is 0 Å². The minimum atomic E-state index is 0.0681. The first-order valence-electron chi connectivity index (χ1n) is 4.05. The van der Waals surface area contributed by atoms with Gasteiger partial charge in [-0.15, -0.1) is 0 Å². The first-order chi connectivity index (χ1) is 4.41. The van der Waals surface area contributed by atoms with Crippen molar-refractivity contribution in [2.75, 3.05) is 0 Å². The second-order valence-electron chi connectivity index (χ2n) is 2.38. The second-order valence-corrected chi connectivity index (χ2v) is 7.59. The molecule has 1 heteroatoms. The Kier molecular flexibility index (Phi) is 9.75. The average molecular weight is 323 g/mol. The molecule has 0 amide bonds. The molecule has 0 atom stereocenters. The molecule has 0 aromatic rings. The molecule has 0 bridgehead atoms. The van der Waals surface area contributed by atoms with Crippen LogP contribution in [0.3, 0.4) is 0 Å². The zero-order valence-corrected chi connectivity index (χ0v) is 10.2. The van der Waals surface area contributed by atoms with Crippen LogP contribution < -0.4 is 0 Å². The van der Waals surface area contributed by atoms with E-state index in [1.165, 1.54) is 25.7 Å². The van der Waals surface area contributed by atoms with Crippen LogP contribution in [0, 0.1) is 0 Å². The van der Waals surface area contributed by atoms with Crippen molar-refractivity contribution < 1.29 is 0 Å². The zero-order chi connectivity index (χ0) is 6.95. The Balaban J connectivity index is 2.60. The fraction of sp³-hybridized carbons (Fsp3) is 1.00. The molecule has 0 aromatic carbocycles. The molecule has 0 aliphatic carbocycles. The summed E-state index contributed by atoms with van der Waals surface area (Å²) in [6.45, 7) is 4.59. The van der Waals surface area contributed by atoms with Gasteiger partial charge < -0.3 is 0 Å². The molecule has 0 N–H and O–H groups in total. The predicted octanol–water partition coefficient (Wildman–Crippen LogP) is 3.13. The third-order valence-electron chi connectivity index (χ3n) is 1.34. The molecule has 0 rings (SSSR count). The first-order valence-corrected chi connectivity index (χ1v) is 8.96. The number of hydrogen-bond donors (Lipinski definition) is 0. The van der Waals surface area contributed by atoms with Crippen LogP contribution in [-0.4, -0.2) is 23.2 Å². The molecule has 0 nitrogen and oxygen atoms in total. The maximum atomic E-state index is 2.29. The van der Waals surface area contributed by atoms with Gasteiger partial charge in [-0.3, -0.25) is 0 Å². The molecular formula is C8H18Bi. The van der Waals surface area contributed by atoms with E-state index in [-0.39, 0.29) is 23.2 Å². The average Bonchev–Trinajstić information content (AvgIpc) is 1.89. The Morgan fingerprint density at radius 1 is 0.889 bits per heavy atom. The molecule has 0 unspecified atom stereocenters. The van der Waals surface area contributed by atoms with E-state index in [0.29, 0.717) is 0 Å². The molecule has 0 saturated carbocycles. The van der Waals surface area contributed by atoms with Gasteiger partial charge in [-0.05, 0) is 0 Å². The zero-order valence-electron chi connectivity index (χ0n) is 6.69. The van der Waals surface area contributed by atoms with Gasteiger partial charge in [-0.25, -0.2) is 0 Å². The summed E-state index contributed by atoms with van der Waals surface area (Å²) in [5.74, 6) is 0. The monoisotopic (exact) mass is 323 g/mol. The van der Waals surface area contributed by atoms with Crippen LogP contribution in [0.4, 0.5) is 0 Å². The molecule has 0 aliphatic heterocycles. The van der Waals surface area contributed by atoms with Gasteiger partial charge in [0.15, 0.2) is 0 Å². The Bertz CT molecular complexity index is 37.8. The summed E-state index contributed by atoms with van der Waals surface area (Å²) in [6.07, 6.45) is 5.85. The summed E-state index contributed by atoms with van der Waals surface area (Å²) in [7, 11) is 0. The molecule has 0 aliphatic rings. The van der Waals surface area contributed by atoms with Crippen LogP contribution in [-0.2, 0) is 0 Å². The van der Waals surface area contributed by atoms with E-state index < -0.39 is 0 Å². The van der Waals surface area contributed by atoms with Crippen molar-refractivity contribution >= 4 is 23.2 Å². The second kappa shape index (κ2) is 8.88. The van der Waals surface area contributed by atoms with Crippen molar-refractivity contribution in [2.24, 2.45) is 0 Å². The van der Waals surface area contributed by atoms with Crippen molar-refractivity contribution in [1.82, 2.24) is 0 Å². The molecule has 1 radical (unpaired) electrons. The van der Waals surface area contributed by atoms with Gasteiger partial charge in [0.1, 0.15) is 0 Å². The van der Waals surface area contributed by atoms with Gasteiger partial charge in [0.2, 0.25) is 0 Å². The van der Waals surface area contributed by atoms with E-state index >= 15 is 0 Å². The van der Waals surface area contributed by atoms with Gasteiger partial charge in [-0.2, -0.15) is 0 Å². The van der Waals surface area contributed by atoms with Gasteiger partial charge in [-0.1, -0.05) is 0 Å². The SMILES string of the molecule is CCC[CH2][Bi][CH2]CCC. The van der Waals surface area contributed by atoms with Crippen LogP contribution in [0.5, 0.6) is 0 Å². The molecule has 0 heterocycles. The van der Waals surface area contributed by atoms with Crippen LogP contribution in [0.1, 0.15) is 39.5 Å². The molecule has 0 saturated heterocycles. The molecular weight excluding hydrogens is 305 g/mol. The summed E-state index contributed by atoms with van der Waals surface area (Å²) < 4.78 is 3.27. The van der Waals surface area contributed by atoms with Crippen molar-refractivity contribution in [3.05, 3.63) is 0 Å². The fourth-order valence-corrected chi connectivity index (χ4v) is 5.72. The van der Waals surface area contributed by atoms with E-state index in [0.717, 1.165) is 0 Å². The number of hydrogen-bond acceptors (Lipinski definition) is 0. The van der Waals surface area contributed by atoms with E-state index in [1.807, 2.05) is 0 Å². The topological polar surface area (TPSA) is 0 Å². The van der Waals surface area contributed by atoms with Gasteiger partial charge >= 0.3 is 71.0 Å². The van der Waals surface area contributed by atoms with E-state index in [1.54, 1.807) is 8.26 Å². The third kappa shape index (κ3) is 8.88. The molecule has 0 fully saturated rings. The van der Waals surface area contributed by atoms with Crippen molar-refractivity contribution in [1.29, 1.82) is 0 Å². The number of unbranched alkanes of at least 4 members (excludes halogenated alkanes) is 2. The predicted molar refractivity (Wildman–Crippen MR) is 45.2 cm³/mol. The molecule has 0 spiro atoms. The van der Waals surface area contributed by atoms with Crippen LogP contribution in [0.15, 0.2) is 0 Å². The van der Waals surface area contributed by atoms with Gasteiger partial charge in [0.05, 0.1) is 0 Å². The van der Waals surface area contributed by atoms with E-state index in [9.17, 15) is 0 Å². The molecule has 55 valence electrons. The Hall–Kier alpha value is 0.883. The van der Waals surface area contributed by atoms with E-state index in [2.05, 4.69) is 13.8 Å². The number of rotatable bonds is 6. The quantitative estimate of drug-likeness (QED) is 0.520. The summed E-state index contributed by atoms with van der Waals surface area (Å²) in [5, 5.41) is 0. The van der Waals surface area contributed by atoms with Crippen LogP contribution in [0.25, 0.3) is 0 Å². The normalized spacial score (nSPS) is 10.0. The Morgan fingerprint density at radius 2 is 1.33 bits per heavy atom. The van der Waals surface area contributed by atoms with Crippen molar-refractivity contribution in [2.45, 2.75) is 47.8 Å². The minimum absolute atomic E-state index is 0.0681. The Morgan fingerprint density at radius 3 is 1.67 bits per heavy atom. The van der Waals surface area contributed by atoms with E-state index in [4.69, 9.17) is 0 Å². The summed E-state index contributed by atoms with van der Waals surface area (Å²) >= 11 is 0.0681. The molecule has 0 aromatic heterocycles. The summed E-state index contributed by atoms with van der Waals surface area (Å²) in [5.41, 5.74) is 0. The van der Waals surface area contributed by atoms with Crippen LogP contribution in [0.2, 0.25) is 8.26 Å². The summed E-state index contributed by atoms with van der Waals surface area (Å²) in [4.78, 5) is 0. The fourth-order valence-electron chi connectivity index (χ4n) is 0.652. The maximum absolute atomic E-state index is 2.29. The van der Waals surface area contributed by atoms with Gasteiger partial charge in [0.25, 0.3) is 0 Å². The first kappa shape index (κ1) is 9.88. The van der Waals surface area contributed by atoms with Crippen molar-refractivity contribution in [3.63, 3.8) is 0 Å². The van der Waals surface area contributed by atoms with Crippen LogP contribution >= 0.6 is 0 Å². The molecule has 9 heavy (non-hydrogen) atoms.